The average Bonchev–Trinajstić information content (AvgIpc) is 2.13. The molecule has 0 spiro atoms. The lowest BCUT2D eigenvalue weighted by atomic mass is 9.91. The number of rotatable bonds is 6. The molecular formula is C14H26N2O2. The smallest absolute Gasteiger partial charge is 0.407 e. The maximum Gasteiger partial charge on any atom is 0.407 e. The Bertz CT molecular complexity index is 301. The summed E-state index contributed by atoms with van der Waals surface area (Å²) < 4.78 is 5.11. The minimum Gasteiger partial charge on any atom is -0.444 e. The summed E-state index contributed by atoms with van der Waals surface area (Å²) in [5, 5.41) is 2.66. The van der Waals surface area contributed by atoms with Crippen LogP contribution in [0.15, 0.2) is 17.6 Å². The number of carbonyl (C=O) groups excluding carboxylic acids is 1. The van der Waals surface area contributed by atoms with E-state index in [1.165, 1.54) is 0 Å². The molecule has 0 saturated carbocycles. The van der Waals surface area contributed by atoms with Crippen molar-refractivity contribution in [2.24, 2.45) is 10.4 Å². The van der Waals surface area contributed by atoms with Gasteiger partial charge in [0, 0.05) is 18.2 Å². The molecule has 0 bridgehead atoms. The summed E-state index contributed by atoms with van der Waals surface area (Å²) in [5.41, 5.74) is -0.438. The van der Waals surface area contributed by atoms with Crippen molar-refractivity contribution in [3.63, 3.8) is 0 Å². The average molecular weight is 254 g/mol. The maximum atomic E-state index is 11.3. The lowest BCUT2D eigenvalue weighted by Gasteiger charge is -2.19. The van der Waals surface area contributed by atoms with Crippen molar-refractivity contribution in [2.75, 3.05) is 13.1 Å². The number of alkyl carbamates (subject to hydrolysis) is 1. The molecule has 0 radical (unpaired) electrons. The monoisotopic (exact) mass is 254 g/mol. The SMILES string of the molecule is C=CCC(C)(C)C=NCCNC(=O)OC(C)(C)C. The van der Waals surface area contributed by atoms with E-state index in [9.17, 15) is 4.79 Å². The standard InChI is InChI=1S/C14H26N2O2/c1-7-8-14(5,6)11-15-9-10-16-12(17)18-13(2,3)4/h7,11H,1,8-10H2,2-6H3,(H,16,17). The van der Waals surface area contributed by atoms with Crippen LogP contribution in [0.5, 0.6) is 0 Å². The van der Waals surface area contributed by atoms with E-state index in [0.717, 1.165) is 6.42 Å². The van der Waals surface area contributed by atoms with Crippen molar-refractivity contribution >= 4 is 12.3 Å². The number of hydrogen-bond acceptors (Lipinski definition) is 3. The fraction of sp³-hybridized carbons (Fsp3) is 0.714. The van der Waals surface area contributed by atoms with Crippen LogP contribution in [0, 0.1) is 5.41 Å². The minimum atomic E-state index is -0.459. The van der Waals surface area contributed by atoms with Crippen molar-refractivity contribution in [2.45, 2.75) is 46.6 Å². The number of aliphatic imine (C=N–C) groups is 1. The highest BCUT2D eigenvalue weighted by molar-refractivity contribution is 5.68. The lowest BCUT2D eigenvalue weighted by molar-refractivity contribution is 0.0529. The fourth-order valence-corrected chi connectivity index (χ4v) is 1.27. The molecule has 4 heteroatoms. The Labute approximate surface area is 111 Å². The van der Waals surface area contributed by atoms with E-state index >= 15 is 0 Å². The van der Waals surface area contributed by atoms with Gasteiger partial charge in [0.25, 0.3) is 0 Å². The van der Waals surface area contributed by atoms with Gasteiger partial charge in [-0.1, -0.05) is 19.9 Å². The highest BCUT2D eigenvalue weighted by Gasteiger charge is 2.15. The highest BCUT2D eigenvalue weighted by Crippen LogP contribution is 2.17. The number of ether oxygens (including phenoxy) is 1. The zero-order valence-corrected chi connectivity index (χ0v) is 12.2. The molecule has 0 heterocycles. The Hall–Kier alpha value is -1.32. The molecule has 0 unspecified atom stereocenters. The van der Waals surface area contributed by atoms with Gasteiger partial charge < -0.3 is 10.1 Å². The van der Waals surface area contributed by atoms with E-state index in [2.05, 4.69) is 30.7 Å². The Balaban J connectivity index is 3.83. The predicted molar refractivity (Wildman–Crippen MR) is 76.2 cm³/mol. The molecule has 0 saturated heterocycles. The van der Waals surface area contributed by atoms with Crippen LogP contribution in [0.1, 0.15) is 41.0 Å². The van der Waals surface area contributed by atoms with Gasteiger partial charge in [-0.05, 0) is 27.2 Å². The quantitative estimate of drug-likeness (QED) is 0.449. The van der Waals surface area contributed by atoms with Crippen LogP contribution in [0.3, 0.4) is 0 Å². The zero-order valence-electron chi connectivity index (χ0n) is 12.2. The van der Waals surface area contributed by atoms with Crippen molar-refractivity contribution in [3.8, 4) is 0 Å². The van der Waals surface area contributed by atoms with Crippen LogP contribution in [0.2, 0.25) is 0 Å². The molecular weight excluding hydrogens is 228 g/mol. The molecule has 0 aromatic carbocycles. The first-order valence-electron chi connectivity index (χ1n) is 6.25. The molecule has 0 aliphatic rings. The molecule has 1 amide bonds. The molecule has 0 aromatic rings. The number of carbonyl (C=O) groups is 1. The van der Waals surface area contributed by atoms with Gasteiger partial charge in [-0.15, -0.1) is 6.58 Å². The maximum absolute atomic E-state index is 11.3. The molecule has 0 aliphatic carbocycles. The van der Waals surface area contributed by atoms with Gasteiger partial charge in [-0.3, -0.25) is 4.99 Å². The first kappa shape index (κ1) is 16.7. The third-order valence-corrected chi connectivity index (χ3v) is 2.02. The fourth-order valence-electron chi connectivity index (χ4n) is 1.27. The van der Waals surface area contributed by atoms with E-state index in [4.69, 9.17) is 4.74 Å². The van der Waals surface area contributed by atoms with E-state index in [-0.39, 0.29) is 5.41 Å². The van der Waals surface area contributed by atoms with Crippen LogP contribution in [0.4, 0.5) is 4.79 Å². The predicted octanol–water partition coefficient (Wildman–Crippen LogP) is 3.18. The Morgan fingerprint density at radius 2 is 1.94 bits per heavy atom. The summed E-state index contributed by atoms with van der Waals surface area (Å²) in [4.78, 5) is 15.6. The normalized spacial score (nSPS) is 12.5. The molecule has 0 fully saturated rings. The molecule has 0 atom stereocenters. The third-order valence-electron chi connectivity index (χ3n) is 2.02. The van der Waals surface area contributed by atoms with Crippen molar-refractivity contribution < 1.29 is 9.53 Å². The number of nitrogens with zero attached hydrogens (tertiary/aromatic N) is 1. The van der Waals surface area contributed by atoms with Gasteiger partial charge >= 0.3 is 6.09 Å². The summed E-state index contributed by atoms with van der Waals surface area (Å²) in [6.07, 6.45) is 4.27. The first-order chi connectivity index (χ1) is 8.16. The number of nitrogens with one attached hydrogen (secondary N) is 1. The van der Waals surface area contributed by atoms with E-state index in [1.54, 1.807) is 0 Å². The number of amides is 1. The largest absolute Gasteiger partial charge is 0.444 e. The van der Waals surface area contributed by atoms with Crippen LogP contribution in [0.25, 0.3) is 0 Å². The second-order valence-electron chi connectivity index (χ2n) is 5.95. The summed E-state index contributed by atoms with van der Waals surface area (Å²) in [5.74, 6) is 0. The van der Waals surface area contributed by atoms with E-state index < -0.39 is 11.7 Å². The number of allylic oxidation sites excluding steroid dienone is 1. The van der Waals surface area contributed by atoms with Crippen molar-refractivity contribution in [1.82, 2.24) is 5.32 Å². The first-order valence-corrected chi connectivity index (χ1v) is 6.25. The van der Waals surface area contributed by atoms with Crippen LogP contribution >= 0.6 is 0 Å². The number of hydrogen-bond donors (Lipinski definition) is 1. The van der Waals surface area contributed by atoms with Gasteiger partial charge in [0.15, 0.2) is 0 Å². The van der Waals surface area contributed by atoms with Crippen molar-refractivity contribution in [3.05, 3.63) is 12.7 Å². The van der Waals surface area contributed by atoms with Crippen LogP contribution in [-0.4, -0.2) is 31.0 Å². The van der Waals surface area contributed by atoms with Gasteiger partial charge in [0.05, 0.1) is 6.54 Å². The molecule has 104 valence electrons. The zero-order chi connectivity index (χ0) is 14.2. The Morgan fingerprint density at radius 1 is 1.33 bits per heavy atom. The van der Waals surface area contributed by atoms with Crippen LogP contribution in [-0.2, 0) is 4.74 Å². The second-order valence-corrected chi connectivity index (χ2v) is 5.95. The summed E-state index contributed by atoms with van der Waals surface area (Å²) in [6, 6.07) is 0. The van der Waals surface area contributed by atoms with E-state index in [0.29, 0.717) is 13.1 Å². The minimum absolute atomic E-state index is 0.0215. The molecule has 0 rings (SSSR count). The molecule has 0 aromatic heterocycles. The van der Waals surface area contributed by atoms with Crippen molar-refractivity contribution in [1.29, 1.82) is 0 Å². The summed E-state index contributed by atoms with van der Waals surface area (Å²) >= 11 is 0. The second kappa shape index (κ2) is 7.19. The summed E-state index contributed by atoms with van der Waals surface area (Å²) in [7, 11) is 0. The highest BCUT2D eigenvalue weighted by atomic mass is 16.6. The molecule has 1 N–H and O–H groups in total. The Morgan fingerprint density at radius 3 is 2.44 bits per heavy atom. The topological polar surface area (TPSA) is 50.7 Å². The van der Waals surface area contributed by atoms with Gasteiger partial charge in [-0.2, -0.15) is 0 Å². The lowest BCUT2D eigenvalue weighted by Crippen LogP contribution is -2.33. The van der Waals surface area contributed by atoms with Gasteiger partial charge in [0.2, 0.25) is 0 Å². The molecule has 18 heavy (non-hydrogen) atoms. The molecule has 0 aliphatic heterocycles. The van der Waals surface area contributed by atoms with Crippen LogP contribution < -0.4 is 5.32 Å². The molecule has 4 nitrogen and oxygen atoms in total. The van der Waals surface area contributed by atoms with Gasteiger partial charge in [-0.25, -0.2) is 4.79 Å². The van der Waals surface area contributed by atoms with E-state index in [1.807, 2.05) is 33.1 Å². The van der Waals surface area contributed by atoms with Gasteiger partial charge in [0.1, 0.15) is 5.60 Å². The third kappa shape index (κ3) is 9.87. The Kier molecular flexibility index (Phi) is 6.66. The summed E-state index contributed by atoms with van der Waals surface area (Å²) in [6.45, 7) is 14.5.